The van der Waals surface area contributed by atoms with Gasteiger partial charge in [-0.3, -0.25) is 4.68 Å². The maximum atomic E-state index is 4.74. The van der Waals surface area contributed by atoms with Crippen molar-refractivity contribution in [3.05, 3.63) is 17.0 Å². The Balaban J connectivity index is 0.00000364. The van der Waals surface area contributed by atoms with Gasteiger partial charge in [-0.1, -0.05) is 12.8 Å². The van der Waals surface area contributed by atoms with Gasteiger partial charge in [0, 0.05) is 31.4 Å². The molecule has 1 saturated heterocycles. The molecule has 2 heterocycles. The van der Waals surface area contributed by atoms with Crippen molar-refractivity contribution in [1.29, 1.82) is 0 Å². The Labute approximate surface area is 182 Å². The third-order valence-corrected chi connectivity index (χ3v) is 5.29. The van der Waals surface area contributed by atoms with Gasteiger partial charge in [-0.15, -0.1) is 24.0 Å². The minimum atomic E-state index is 0. The van der Waals surface area contributed by atoms with Crippen LogP contribution < -0.4 is 10.6 Å². The van der Waals surface area contributed by atoms with E-state index < -0.39 is 0 Å². The van der Waals surface area contributed by atoms with Crippen LogP contribution in [0.5, 0.6) is 0 Å². The summed E-state index contributed by atoms with van der Waals surface area (Å²) in [6.07, 6.45) is 7.99. The molecule has 0 amide bonds. The maximum absolute atomic E-state index is 4.74. The van der Waals surface area contributed by atoms with Gasteiger partial charge < -0.3 is 15.5 Å². The molecule has 2 N–H and O–H groups in total. The van der Waals surface area contributed by atoms with Crippen LogP contribution in [0.1, 0.15) is 62.4 Å². The number of likely N-dealkylation sites (tertiary alicyclic amines) is 1. The van der Waals surface area contributed by atoms with Gasteiger partial charge in [0.05, 0.1) is 12.2 Å². The summed E-state index contributed by atoms with van der Waals surface area (Å²) in [4.78, 5) is 7.37. The predicted molar refractivity (Wildman–Crippen MR) is 125 cm³/mol. The van der Waals surface area contributed by atoms with E-state index in [-0.39, 0.29) is 24.0 Å². The summed E-state index contributed by atoms with van der Waals surface area (Å²) in [6, 6.07) is 0. The van der Waals surface area contributed by atoms with Crippen LogP contribution in [0.2, 0.25) is 0 Å². The van der Waals surface area contributed by atoms with Gasteiger partial charge in [0.1, 0.15) is 0 Å². The van der Waals surface area contributed by atoms with Crippen LogP contribution in [-0.4, -0.2) is 53.4 Å². The van der Waals surface area contributed by atoms with Crippen molar-refractivity contribution in [1.82, 2.24) is 25.3 Å². The maximum Gasteiger partial charge on any atom is 0.191 e. The number of nitrogens with one attached hydrogen (secondary N) is 2. The Hall–Kier alpha value is -0.830. The topological polar surface area (TPSA) is 57.5 Å². The fourth-order valence-corrected chi connectivity index (χ4v) is 3.57. The predicted octanol–water partition coefficient (Wildman–Crippen LogP) is 3.37. The fourth-order valence-electron chi connectivity index (χ4n) is 3.57. The minimum absolute atomic E-state index is 0. The van der Waals surface area contributed by atoms with E-state index >= 15 is 0 Å². The number of unbranched alkanes of at least 4 members (excludes halogenated alkanes) is 2. The Morgan fingerprint density at radius 1 is 1.07 bits per heavy atom. The number of aliphatic imine (C=N–C) groups is 1. The number of nitrogens with zero attached hydrogens (tertiary/aromatic N) is 4. The molecule has 0 unspecified atom stereocenters. The largest absolute Gasteiger partial charge is 0.357 e. The molecule has 0 radical (unpaired) electrons. The van der Waals surface area contributed by atoms with Gasteiger partial charge >= 0.3 is 0 Å². The van der Waals surface area contributed by atoms with Crippen molar-refractivity contribution in [2.24, 2.45) is 12.0 Å². The van der Waals surface area contributed by atoms with E-state index in [2.05, 4.69) is 41.4 Å². The Bertz CT molecular complexity index is 563. The van der Waals surface area contributed by atoms with Crippen LogP contribution in [0, 0.1) is 13.8 Å². The zero-order valence-corrected chi connectivity index (χ0v) is 20.0. The normalized spacial score (nSPS) is 15.5. The van der Waals surface area contributed by atoms with Crippen LogP contribution in [0.15, 0.2) is 4.99 Å². The van der Waals surface area contributed by atoms with Crippen LogP contribution in [0.3, 0.4) is 0 Å². The van der Waals surface area contributed by atoms with E-state index in [1.54, 1.807) is 0 Å². The first-order valence-electron chi connectivity index (χ1n) is 10.4. The molecule has 0 spiro atoms. The smallest absolute Gasteiger partial charge is 0.191 e. The molecule has 1 aliphatic heterocycles. The monoisotopic (exact) mass is 490 g/mol. The molecule has 156 valence electrons. The molecular weight excluding hydrogens is 451 g/mol. The minimum Gasteiger partial charge on any atom is -0.357 e. The van der Waals surface area contributed by atoms with Crippen LogP contribution >= 0.6 is 24.0 Å². The highest BCUT2D eigenvalue weighted by molar-refractivity contribution is 14.0. The van der Waals surface area contributed by atoms with Crippen molar-refractivity contribution < 1.29 is 0 Å². The quantitative estimate of drug-likeness (QED) is 0.241. The highest BCUT2D eigenvalue weighted by atomic mass is 127. The molecule has 7 heteroatoms. The van der Waals surface area contributed by atoms with Gasteiger partial charge in [0.2, 0.25) is 0 Å². The molecule has 0 saturated carbocycles. The highest BCUT2D eigenvalue weighted by Crippen LogP contribution is 2.13. The average Bonchev–Trinajstić information content (AvgIpc) is 2.88. The summed E-state index contributed by atoms with van der Waals surface area (Å²) in [5.74, 6) is 0.909. The molecular formula is C20H39IN6. The number of hydrogen-bond acceptors (Lipinski definition) is 3. The fraction of sp³-hybridized carbons (Fsp3) is 0.800. The van der Waals surface area contributed by atoms with E-state index in [1.807, 2.05) is 11.7 Å². The molecule has 2 rings (SSSR count). The molecule has 1 aliphatic rings. The molecule has 6 nitrogen and oxygen atoms in total. The van der Waals surface area contributed by atoms with Crippen molar-refractivity contribution in [2.45, 2.75) is 65.8 Å². The second-order valence-corrected chi connectivity index (χ2v) is 7.36. The summed E-state index contributed by atoms with van der Waals surface area (Å²) in [6.45, 7) is 12.7. The molecule has 0 aliphatic carbocycles. The first-order chi connectivity index (χ1) is 12.6. The summed E-state index contributed by atoms with van der Waals surface area (Å²) in [5, 5.41) is 11.3. The Morgan fingerprint density at radius 3 is 2.44 bits per heavy atom. The number of guanidine groups is 1. The van der Waals surface area contributed by atoms with Crippen molar-refractivity contribution >= 4 is 29.9 Å². The summed E-state index contributed by atoms with van der Waals surface area (Å²) < 4.78 is 1.93. The highest BCUT2D eigenvalue weighted by Gasteiger charge is 2.10. The van der Waals surface area contributed by atoms with Crippen LogP contribution in [0.25, 0.3) is 0 Å². The number of halogens is 1. The molecule has 0 atom stereocenters. The molecule has 0 bridgehead atoms. The van der Waals surface area contributed by atoms with Gasteiger partial charge in [0.15, 0.2) is 5.96 Å². The van der Waals surface area contributed by atoms with Gasteiger partial charge in [-0.25, -0.2) is 4.99 Å². The standard InChI is InChI=1S/C20H38N6.HI/c1-5-21-20(23-16-19-17(2)24-25(4)18(19)3)22-12-8-6-9-13-26-14-10-7-11-15-26;/h5-16H2,1-4H3,(H2,21,22,23);1H. The second kappa shape index (κ2) is 13.4. The van der Waals surface area contributed by atoms with Crippen molar-refractivity contribution in [3.63, 3.8) is 0 Å². The van der Waals surface area contributed by atoms with E-state index in [0.29, 0.717) is 6.54 Å². The first-order valence-corrected chi connectivity index (χ1v) is 10.4. The SMILES string of the molecule is CCNC(=NCc1c(C)nn(C)c1C)NCCCCCN1CCCCC1.I. The molecule has 1 fully saturated rings. The van der Waals surface area contributed by atoms with E-state index in [0.717, 1.165) is 24.7 Å². The first kappa shape index (κ1) is 24.2. The lowest BCUT2D eigenvalue weighted by Gasteiger charge is -2.26. The number of piperidine rings is 1. The van der Waals surface area contributed by atoms with E-state index in [1.165, 1.54) is 69.4 Å². The van der Waals surface area contributed by atoms with Gasteiger partial charge in [0.25, 0.3) is 0 Å². The van der Waals surface area contributed by atoms with E-state index in [4.69, 9.17) is 4.99 Å². The van der Waals surface area contributed by atoms with Crippen LogP contribution in [-0.2, 0) is 13.6 Å². The van der Waals surface area contributed by atoms with Crippen molar-refractivity contribution in [2.75, 3.05) is 32.7 Å². The molecule has 27 heavy (non-hydrogen) atoms. The Kier molecular flexibility index (Phi) is 12.0. The lowest BCUT2D eigenvalue weighted by Crippen LogP contribution is -2.37. The lowest BCUT2D eigenvalue weighted by molar-refractivity contribution is 0.224. The summed E-state index contributed by atoms with van der Waals surface area (Å²) in [7, 11) is 1.99. The van der Waals surface area contributed by atoms with Crippen LogP contribution in [0.4, 0.5) is 0 Å². The zero-order valence-electron chi connectivity index (χ0n) is 17.7. The number of rotatable bonds is 9. The number of aryl methyl sites for hydroxylation is 2. The third kappa shape index (κ3) is 8.37. The number of hydrogen-bond donors (Lipinski definition) is 2. The summed E-state index contributed by atoms with van der Waals surface area (Å²) >= 11 is 0. The summed E-state index contributed by atoms with van der Waals surface area (Å²) in [5.41, 5.74) is 3.49. The molecule has 1 aromatic heterocycles. The number of aromatic nitrogens is 2. The molecule has 1 aromatic rings. The van der Waals surface area contributed by atoms with Crippen molar-refractivity contribution in [3.8, 4) is 0 Å². The third-order valence-electron chi connectivity index (χ3n) is 5.29. The van der Waals surface area contributed by atoms with Gasteiger partial charge in [-0.2, -0.15) is 5.10 Å². The molecule has 0 aromatic carbocycles. The Morgan fingerprint density at radius 2 is 1.81 bits per heavy atom. The lowest BCUT2D eigenvalue weighted by atomic mass is 10.1. The average molecular weight is 490 g/mol. The second-order valence-electron chi connectivity index (χ2n) is 7.36. The van der Waals surface area contributed by atoms with Gasteiger partial charge in [-0.05, 0) is 66.1 Å². The zero-order chi connectivity index (χ0) is 18.8. The van der Waals surface area contributed by atoms with E-state index in [9.17, 15) is 0 Å².